The molecule has 0 spiro atoms. The van der Waals surface area contributed by atoms with Crippen LogP contribution in [0.4, 0.5) is 10.5 Å². The third-order valence-corrected chi connectivity index (χ3v) is 8.16. The highest BCUT2D eigenvalue weighted by Gasteiger charge is 2.38. The molecule has 0 radical (unpaired) electrons. The number of rotatable bonds is 8. The van der Waals surface area contributed by atoms with Crippen LogP contribution in [0.15, 0.2) is 72.9 Å². The minimum atomic E-state index is -1.20. The van der Waals surface area contributed by atoms with Crippen LogP contribution in [-0.2, 0) is 17.6 Å². The van der Waals surface area contributed by atoms with Crippen LogP contribution < -0.4 is 16.0 Å². The number of H-pyrrole nitrogens is 1. The van der Waals surface area contributed by atoms with E-state index in [-0.39, 0.29) is 29.8 Å². The molecule has 3 aromatic carbocycles. The van der Waals surface area contributed by atoms with E-state index < -0.39 is 5.54 Å². The molecule has 4 aromatic rings. The maximum absolute atomic E-state index is 14.1. The van der Waals surface area contributed by atoms with Gasteiger partial charge >= 0.3 is 6.03 Å². The number of carbonyl (C=O) groups excluding carboxylic acids is 2. The number of benzene rings is 3. The fraction of sp³-hybridized carbons (Fsp3) is 0.353. The molecule has 1 aliphatic carbocycles. The van der Waals surface area contributed by atoms with E-state index in [0.29, 0.717) is 6.42 Å². The van der Waals surface area contributed by atoms with Crippen molar-refractivity contribution in [2.75, 3.05) is 5.32 Å². The van der Waals surface area contributed by atoms with Gasteiger partial charge in [0.15, 0.2) is 0 Å². The number of carbonyl (C=O) groups is 2. The molecule has 1 aromatic heterocycles. The first-order valence-electron chi connectivity index (χ1n) is 14.3. The third kappa shape index (κ3) is 5.48. The minimum absolute atomic E-state index is 0.0786. The highest BCUT2D eigenvalue weighted by atomic mass is 16.2. The number of para-hydroxylation sites is 2. The van der Waals surface area contributed by atoms with Gasteiger partial charge in [0.1, 0.15) is 5.54 Å². The van der Waals surface area contributed by atoms with Crippen molar-refractivity contribution in [3.8, 4) is 0 Å². The van der Waals surface area contributed by atoms with Gasteiger partial charge in [0, 0.05) is 29.2 Å². The lowest BCUT2D eigenvalue weighted by atomic mass is 9.90. The monoisotopic (exact) mass is 536 g/mol. The number of amides is 3. The zero-order valence-electron chi connectivity index (χ0n) is 24.1. The summed E-state index contributed by atoms with van der Waals surface area (Å²) >= 11 is 0. The summed E-state index contributed by atoms with van der Waals surface area (Å²) in [6.45, 7) is 10.3. The van der Waals surface area contributed by atoms with Crippen molar-refractivity contribution in [2.45, 2.75) is 77.3 Å². The van der Waals surface area contributed by atoms with E-state index in [9.17, 15) is 9.59 Å². The Morgan fingerprint density at radius 3 is 2.33 bits per heavy atom. The summed E-state index contributed by atoms with van der Waals surface area (Å²) < 4.78 is 0. The summed E-state index contributed by atoms with van der Waals surface area (Å²) in [5.74, 6) is 0.269. The second kappa shape index (κ2) is 11.2. The molecule has 6 heteroatoms. The van der Waals surface area contributed by atoms with E-state index in [1.54, 1.807) is 0 Å². The highest BCUT2D eigenvalue weighted by molar-refractivity contribution is 5.97. The molecular weight excluding hydrogens is 496 g/mol. The van der Waals surface area contributed by atoms with Crippen LogP contribution in [0.1, 0.15) is 86.7 Å². The SMILES string of the molecule is CC(C)c1cccc(C(C)C)c1NC(=O)N[C@](C)(Cc1c[nH]c2ccccc12)C(=O)N[C@H]1CCc2ccccc21. The predicted octanol–water partition coefficient (Wildman–Crippen LogP) is 7.34. The summed E-state index contributed by atoms with van der Waals surface area (Å²) in [4.78, 5) is 31.1. The van der Waals surface area contributed by atoms with E-state index in [2.05, 4.69) is 72.9 Å². The van der Waals surface area contributed by atoms with E-state index in [4.69, 9.17) is 0 Å². The predicted molar refractivity (Wildman–Crippen MR) is 163 cm³/mol. The Balaban J connectivity index is 1.45. The Kier molecular flexibility index (Phi) is 7.70. The number of aryl methyl sites for hydroxylation is 1. The third-order valence-electron chi connectivity index (χ3n) is 8.16. The number of aromatic nitrogens is 1. The average Bonchev–Trinajstić information content (AvgIpc) is 3.52. The molecule has 0 fully saturated rings. The maximum Gasteiger partial charge on any atom is 0.320 e. The first-order chi connectivity index (χ1) is 19.2. The number of fused-ring (bicyclic) bond motifs is 2. The molecule has 0 saturated heterocycles. The number of anilines is 1. The van der Waals surface area contributed by atoms with Crippen molar-refractivity contribution < 1.29 is 9.59 Å². The zero-order valence-corrected chi connectivity index (χ0v) is 24.1. The molecule has 6 nitrogen and oxygen atoms in total. The molecule has 5 rings (SSSR count). The largest absolute Gasteiger partial charge is 0.361 e. The second-order valence-electron chi connectivity index (χ2n) is 11.8. The Morgan fingerprint density at radius 1 is 0.925 bits per heavy atom. The summed E-state index contributed by atoms with van der Waals surface area (Å²) in [6.07, 6.45) is 4.05. The maximum atomic E-state index is 14.1. The van der Waals surface area contributed by atoms with Gasteiger partial charge in [-0.15, -0.1) is 0 Å². The standard InChI is InChI=1S/C34H40N4O2/c1-21(2)25-14-10-15-26(22(3)4)31(25)37-33(40)38-34(5,19-24-20-35-29-16-9-8-13-28(24)29)32(39)36-30-18-17-23-11-6-7-12-27(23)30/h6-16,20-22,30,35H,17-19H2,1-5H3,(H,36,39)(H2,37,38,40)/t30-,34+/m0/s1. The highest BCUT2D eigenvalue weighted by Crippen LogP contribution is 2.34. The van der Waals surface area contributed by atoms with Crippen molar-refractivity contribution >= 4 is 28.5 Å². The fourth-order valence-electron chi connectivity index (χ4n) is 5.96. The Morgan fingerprint density at radius 2 is 1.60 bits per heavy atom. The molecular formula is C34H40N4O2. The lowest BCUT2D eigenvalue weighted by Crippen LogP contribution is -2.59. The molecule has 4 N–H and O–H groups in total. The minimum Gasteiger partial charge on any atom is -0.361 e. The molecule has 3 amide bonds. The van der Waals surface area contributed by atoms with Crippen LogP contribution >= 0.6 is 0 Å². The Hall–Kier alpha value is -4.06. The number of hydrogen-bond acceptors (Lipinski definition) is 2. The molecule has 40 heavy (non-hydrogen) atoms. The lowest BCUT2D eigenvalue weighted by molar-refractivity contribution is -0.127. The fourth-order valence-corrected chi connectivity index (χ4v) is 5.96. The van der Waals surface area contributed by atoms with Gasteiger partial charge in [-0.2, -0.15) is 0 Å². The van der Waals surface area contributed by atoms with Crippen molar-refractivity contribution in [3.63, 3.8) is 0 Å². The summed E-state index contributed by atoms with van der Waals surface area (Å²) in [5.41, 5.74) is 6.18. The van der Waals surface area contributed by atoms with Crippen molar-refractivity contribution in [1.82, 2.24) is 15.6 Å². The molecule has 0 unspecified atom stereocenters. The lowest BCUT2D eigenvalue weighted by Gasteiger charge is -2.32. The van der Waals surface area contributed by atoms with Gasteiger partial charge in [0.05, 0.1) is 6.04 Å². The van der Waals surface area contributed by atoms with Crippen molar-refractivity contribution in [3.05, 3.63) is 101 Å². The van der Waals surface area contributed by atoms with E-state index in [0.717, 1.165) is 51.7 Å². The molecule has 0 saturated carbocycles. The smallest absolute Gasteiger partial charge is 0.320 e. The zero-order chi connectivity index (χ0) is 28.4. The van der Waals surface area contributed by atoms with Crippen LogP contribution in [0.5, 0.6) is 0 Å². The number of urea groups is 1. The first-order valence-corrected chi connectivity index (χ1v) is 14.3. The molecule has 208 valence electrons. The van der Waals surface area contributed by atoms with Crippen molar-refractivity contribution in [2.24, 2.45) is 0 Å². The quantitative estimate of drug-likeness (QED) is 0.190. The summed E-state index contributed by atoms with van der Waals surface area (Å²) in [7, 11) is 0. The van der Waals surface area contributed by atoms with Crippen LogP contribution in [0.3, 0.4) is 0 Å². The van der Waals surface area contributed by atoms with Gasteiger partial charge in [-0.25, -0.2) is 4.79 Å². The van der Waals surface area contributed by atoms with Gasteiger partial charge in [0.2, 0.25) is 5.91 Å². The molecule has 0 aliphatic heterocycles. The van der Waals surface area contributed by atoms with Crippen molar-refractivity contribution in [1.29, 1.82) is 0 Å². The van der Waals surface area contributed by atoms with Crippen LogP contribution in [0.2, 0.25) is 0 Å². The van der Waals surface area contributed by atoms with E-state index in [1.165, 1.54) is 5.56 Å². The Bertz CT molecular complexity index is 1510. The number of nitrogens with one attached hydrogen (secondary N) is 4. The van der Waals surface area contributed by atoms with Gasteiger partial charge in [0.25, 0.3) is 0 Å². The normalized spacial score (nSPS) is 16.1. The van der Waals surface area contributed by atoms with E-state index >= 15 is 0 Å². The van der Waals surface area contributed by atoms with Gasteiger partial charge in [-0.1, -0.05) is 88.4 Å². The summed E-state index contributed by atoms with van der Waals surface area (Å²) in [5, 5.41) is 10.6. The molecule has 1 heterocycles. The van der Waals surface area contributed by atoms with Crippen LogP contribution in [-0.4, -0.2) is 22.5 Å². The van der Waals surface area contributed by atoms with E-state index in [1.807, 2.05) is 55.6 Å². The number of aromatic amines is 1. The summed E-state index contributed by atoms with van der Waals surface area (Å²) in [6, 6.07) is 22.0. The second-order valence-corrected chi connectivity index (χ2v) is 11.8. The average molecular weight is 537 g/mol. The molecule has 0 bridgehead atoms. The van der Waals surface area contributed by atoms with Crippen LogP contribution in [0, 0.1) is 0 Å². The first kappa shape index (κ1) is 27.5. The van der Waals surface area contributed by atoms with Crippen LogP contribution in [0.25, 0.3) is 10.9 Å². The van der Waals surface area contributed by atoms with Gasteiger partial charge in [-0.3, -0.25) is 4.79 Å². The van der Waals surface area contributed by atoms with Gasteiger partial charge < -0.3 is 20.9 Å². The molecule has 1 aliphatic rings. The number of hydrogen-bond donors (Lipinski definition) is 4. The topological polar surface area (TPSA) is 86.0 Å². The Labute approximate surface area is 237 Å². The van der Waals surface area contributed by atoms with Gasteiger partial charge in [-0.05, 0) is 65.5 Å². The molecule has 2 atom stereocenters.